The van der Waals surface area contributed by atoms with E-state index < -0.39 is 16.8 Å². The van der Waals surface area contributed by atoms with Gasteiger partial charge in [-0.1, -0.05) is 13.0 Å². The summed E-state index contributed by atoms with van der Waals surface area (Å²) in [5.74, 6) is -1.36. The first-order chi connectivity index (χ1) is 9.92. The van der Waals surface area contributed by atoms with Crippen molar-refractivity contribution in [2.75, 3.05) is 24.6 Å². The molecule has 0 heterocycles. The number of aliphatic carboxylic acids is 1. The van der Waals surface area contributed by atoms with Crippen molar-refractivity contribution in [1.29, 1.82) is 0 Å². The number of ether oxygens (including phenoxy) is 1. The number of nitro benzene ring substituents is 1. The molecule has 1 aromatic rings. The van der Waals surface area contributed by atoms with Crippen molar-refractivity contribution >= 4 is 17.3 Å². The fourth-order valence-electron chi connectivity index (χ4n) is 2.03. The molecule has 1 atom stereocenters. The summed E-state index contributed by atoms with van der Waals surface area (Å²) in [6, 6.07) is 4.82. The Labute approximate surface area is 123 Å². The van der Waals surface area contributed by atoms with E-state index in [1.165, 1.54) is 0 Å². The smallest absolute Gasteiger partial charge is 0.333 e. The van der Waals surface area contributed by atoms with Crippen LogP contribution in [0.5, 0.6) is 5.75 Å². The first-order valence-corrected chi connectivity index (χ1v) is 6.80. The van der Waals surface area contributed by atoms with E-state index in [2.05, 4.69) is 0 Å². The molecule has 0 aliphatic heterocycles. The summed E-state index contributed by atoms with van der Waals surface area (Å²) in [6.45, 7) is 6.13. The van der Waals surface area contributed by atoms with E-state index in [1.54, 1.807) is 36.9 Å². The van der Waals surface area contributed by atoms with Crippen molar-refractivity contribution in [3.8, 4) is 5.75 Å². The van der Waals surface area contributed by atoms with Crippen LogP contribution in [0.4, 0.5) is 11.4 Å². The van der Waals surface area contributed by atoms with Crippen molar-refractivity contribution in [3.63, 3.8) is 0 Å². The topological polar surface area (TPSA) is 92.9 Å². The lowest BCUT2D eigenvalue weighted by atomic mass is 10.1. The third kappa shape index (κ3) is 4.08. The van der Waals surface area contributed by atoms with Crippen LogP contribution in [0.3, 0.4) is 0 Å². The first kappa shape index (κ1) is 16.7. The molecule has 1 rings (SSSR count). The molecular weight excluding hydrogens is 276 g/mol. The van der Waals surface area contributed by atoms with E-state index in [-0.39, 0.29) is 18.0 Å². The number of anilines is 1. The molecule has 0 aliphatic rings. The number of hydrogen-bond donors (Lipinski definition) is 1. The van der Waals surface area contributed by atoms with Gasteiger partial charge in [0.05, 0.1) is 17.4 Å². The van der Waals surface area contributed by atoms with Gasteiger partial charge in [0.2, 0.25) is 0 Å². The SMILES string of the molecule is CCOc1cccc(N(CC)CC(C)C(=O)O)c1[N+](=O)[O-]. The number of para-hydroxylation sites is 1. The number of nitrogens with zero attached hydrogens (tertiary/aromatic N) is 2. The minimum absolute atomic E-state index is 0.126. The Balaban J connectivity index is 3.22. The van der Waals surface area contributed by atoms with Crippen molar-refractivity contribution in [2.45, 2.75) is 20.8 Å². The molecule has 0 spiro atoms. The predicted octanol–water partition coefficient (Wildman–Crippen LogP) is 2.54. The summed E-state index contributed by atoms with van der Waals surface area (Å²) < 4.78 is 5.30. The fourth-order valence-corrected chi connectivity index (χ4v) is 2.03. The van der Waals surface area contributed by atoms with Crippen LogP contribution in [0.2, 0.25) is 0 Å². The molecule has 1 N–H and O–H groups in total. The third-order valence-electron chi connectivity index (χ3n) is 3.10. The Bertz CT molecular complexity index is 518. The van der Waals surface area contributed by atoms with Crippen LogP contribution >= 0.6 is 0 Å². The van der Waals surface area contributed by atoms with Crippen molar-refractivity contribution in [3.05, 3.63) is 28.3 Å². The molecular formula is C14H20N2O5. The monoisotopic (exact) mass is 296 g/mol. The quantitative estimate of drug-likeness (QED) is 0.585. The standard InChI is InChI=1S/C14H20N2O5/c1-4-15(9-10(3)14(17)18)11-7-6-8-12(21-5-2)13(11)16(19)20/h6-8,10H,4-5,9H2,1-3H3,(H,17,18). The second-order valence-corrected chi connectivity index (χ2v) is 4.59. The van der Waals surface area contributed by atoms with Gasteiger partial charge >= 0.3 is 11.7 Å². The predicted molar refractivity (Wildman–Crippen MR) is 79.0 cm³/mol. The third-order valence-corrected chi connectivity index (χ3v) is 3.10. The molecule has 7 nitrogen and oxygen atoms in total. The number of carboxylic acids is 1. The van der Waals surface area contributed by atoms with Crippen LogP contribution in [0.1, 0.15) is 20.8 Å². The van der Waals surface area contributed by atoms with E-state index in [0.717, 1.165) is 0 Å². The Kier molecular flexibility index (Phi) is 5.95. The second kappa shape index (κ2) is 7.47. The number of rotatable bonds is 8. The Hall–Kier alpha value is -2.31. The number of hydrogen-bond acceptors (Lipinski definition) is 5. The Morgan fingerprint density at radius 3 is 2.62 bits per heavy atom. The van der Waals surface area contributed by atoms with Gasteiger partial charge in [-0.25, -0.2) is 0 Å². The number of carbonyl (C=O) groups is 1. The van der Waals surface area contributed by atoms with Crippen LogP contribution in [0.15, 0.2) is 18.2 Å². The highest BCUT2D eigenvalue weighted by Gasteiger charge is 2.26. The zero-order valence-electron chi connectivity index (χ0n) is 12.4. The van der Waals surface area contributed by atoms with E-state index >= 15 is 0 Å². The largest absolute Gasteiger partial charge is 0.487 e. The van der Waals surface area contributed by atoms with Crippen LogP contribution in [0.25, 0.3) is 0 Å². The average Bonchev–Trinajstić information content (AvgIpc) is 2.44. The molecule has 0 saturated carbocycles. The van der Waals surface area contributed by atoms with Gasteiger partial charge in [0.25, 0.3) is 0 Å². The lowest BCUT2D eigenvalue weighted by Crippen LogP contribution is -2.32. The van der Waals surface area contributed by atoms with E-state index in [4.69, 9.17) is 9.84 Å². The van der Waals surface area contributed by atoms with Gasteiger partial charge in [-0.15, -0.1) is 0 Å². The van der Waals surface area contributed by atoms with E-state index in [9.17, 15) is 14.9 Å². The lowest BCUT2D eigenvalue weighted by Gasteiger charge is -2.25. The van der Waals surface area contributed by atoms with Crippen LogP contribution in [-0.2, 0) is 4.79 Å². The van der Waals surface area contributed by atoms with Crippen LogP contribution in [-0.4, -0.2) is 35.7 Å². The minimum Gasteiger partial charge on any atom is -0.487 e. The van der Waals surface area contributed by atoms with E-state index in [0.29, 0.717) is 18.8 Å². The minimum atomic E-state index is -0.933. The maximum atomic E-state index is 11.3. The zero-order chi connectivity index (χ0) is 16.0. The molecule has 0 aromatic heterocycles. The zero-order valence-corrected chi connectivity index (χ0v) is 12.4. The van der Waals surface area contributed by atoms with Gasteiger partial charge in [-0.3, -0.25) is 14.9 Å². The summed E-state index contributed by atoms with van der Waals surface area (Å²) in [5.41, 5.74) is 0.250. The number of carboxylic acid groups (broad SMARTS) is 1. The first-order valence-electron chi connectivity index (χ1n) is 6.80. The molecule has 21 heavy (non-hydrogen) atoms. The highest BCUT2D eigenvalue weighted by atomic mass is 16.6. The van der Waals surface area contributed by atoms with Gasteiger partial charge in [0.1, 0.15) is 5.69 Å². The van der Waals surface area contributed by atoms with Gasteiger partial charge in [0.15, 0.2) is 5.75 Å². The summed E-state index contributed by atoms with van der Waals surface area (Å²) in [6.07, 6.45) is 0. The summed E-state index contributed by atoms with van der Waals surface area (Å²) in [4.78, 5) is 23.5. The molecule has 0 amide bonds. The Morgan fingerprint density at radius 2 is 2.14 bits per heavy atom. The highest BCUT2D eigenvalue weighted by molar-refractivity contribution is 5.73. The maximum Gasteiger partial charge on any atom is 0.333 e. The van der Waals surface area contributed by atoms with Crippen molar-refractivity contribution < 1.29 is 19.6 Å². The molecule has 0 saturated heterocycles. The maximum absolute atomic E-state index is 11.3. The molecule has 0 bridgehead atoms. The van der Waals surface area contributed by atoms with Crippen molar-refractivity contribution in [2.24, 2.45) is 5.92 Å². The van der Waals surface area contributed by atoms with E-state index in [1.807, 2.05) is 6.92 Å². The lowest BCUT2D eigenvalue weighted by molar-refractivity contribution is -0.385. The summed E-state index contributed by atoms with van der Waals surface area (Å²) in [5, 5.41) is 20.3. The molecule has 1 unspecified atom stereocenters. The van der Waals surface area contributed by atoms with Crippen molar-refractivity contribution in [1.82, 2.24) is 0 Å². The molecule has 0 fully saturated rings. The van der Waals surface area contributed by atoms with Gasteiger partial charge in [0, 0.05) is 13.1 Å². The fraction of sp³-hybridized carbons (Fsp3) is 0.500. The molecule has 1 aromatic carbocycles. The summed E-state index contributed by atoms with van der Waals surface area (Å²) >= 11 is 0. The number of nitro groups is 1. The number of benzene rings is 1. The molecule has 116 valence electrons. The second-order valence-electron chi connectivity index (χ2n) is 4.59. The molecule has 0 radical (unpaired) electrons. The van der Waals surface area contributed by atoms with Gasteiger partial charge in [-0.2, -0.15) is 0 Å². The van der Waals surface area contributed by atoms with Gasteiger partial charge < -0.3 is 14.7 Å². The Morgan fingerprint density at radius 1 is 1.48 bits per heavy atom. The average molecular weight is 296 g/mol. The van der Waals surface area contributed by atoms with Crippen LogP contribution in [0, 0.1) is 16.0 Å². The van der Waals surface area contributed by atoms with Gasteiger partial charge in [-0.05, 0) is 26.0 Å². The normalized spacial score (nSPS) is 11.8. The highest BCUT2D eigenvalue weighted by Crippen LogP contribution is 2.37. The summed E-state index contributed by atoms with van der Waals surface area (Å²) in [7, 11) is 0. The van der Waals surface area contributed by atoms with Crippen LogP contribution < -0.4 is 9.64 Å². The molecule has 7 heteroatoms. The molecule has 0 aliphatic carbocycles.